The lowest BCUT2D eigenvalue weighted by Crippen LogP contribution is -2.30. The van der Waals surface area contributed by atoms with Crippen LogP contribution in [-0.2, 0) is 0 Å². The minimum atomic E-state index is 0.553. The number of rotatable bonds is 2. The van der Waals surface area contributed by atoms with Gasteiger partial charge in [0.15, 0.2) is 0 Å². The first kappa shape index (κ1) is 10.3. The lowest BCUT2D eigenvalue weighted by atomic mass is 10.0. The molecule has 1 aliphatic heterocycles. The number of hydrogen-bond donors (Lipinski definition) is 2. The Bertz CT molecular complexity index is 189. The Morgan fingerprint density at radius 2 is 2.31 bits per heavy atom. The fourth-order valence-corrected chi connectivity index (χ4v) is 1.77. The summed E-state index contributed by atoms with van der Waals surface area (Å²) in [7, 11) is 0. The zero-order valence-electron chi connectivity index (χ0n) is 8.13. The largest absolute Gasteiger partial charge is 0.357 e. The standard InChI is InChI=1S/C10H19N3/c1-2-10(12)13-6-3-4-9(8-11)5-7-13/h2,9,12H,1,3-8,11H2. The molecule has 3 N–H and O–H groups in total. The van der Waals surface area contributed by atoms with Crippen LogP contribution in [0, 0.1) is 11.3 Å². The average molecular weight is 181 g/mol. The summed E-state index contributed by atoms with van der Waals surface area (Å²) in [5.41, 5.74) is 5.63. The molecule has 0 spiro atoms. The molecule has 1 fully saturated rings. The Balaban J connectivity index is 2.44. The molecule has 1 heterocycles. The molecule has 0 aromatic rings. The summed E-state index contributed by atoms with van der Waals surface area (Å²) in [5.74, 6) is 1.21. The van der Waals surface area contributed by atoms with Gasteiger partial charge in [-0.3, -0.25) is 5.41 Å². The van der Waals surface area contributed by atoms with Gasteiger partial charge in [-0.15, -0.1) is 0 Å². The van der Waals surface area contributed by atoms with E-state index in [0.29, 0.717) is 11.8 Å². The highest BCUT2D eigenvalue weighted by Gasteiger charge is 2.16. The van der Waals surface area contributed by atoms with E-state index in [-0.39, 0.29) is 0 Å². The van der Waals surface area contributed by atoms with E-state index < -0.39 is 0 Å². The van der Waals surface area contributed by atoms with Crippen LogP contribution < -0.4 is 5.73 Å². The van der Waals surface area contributed by atoms with Crippen LogP contribution in [0.15, 0.2) is 12.7 Å². The number of nitrogens with one attached hydrogen (secondary N) is 1. The van der Waals surface area contributed by atoms with E-state index >= 15 is 0 Å². The van der Waals surface area contributed by atoms with Crippen molar-refractivity contribution in [2.24, 2.45) is 11.7 Å². The van der Waals surface area contributed by atoms with Gasteiger partial charge in [-0.05, 0) is 37.8 Å². The van der Waals surface area contributed by atoms with Crippen molar-refractivity contribution in [1.29, 1.82) is 5.41 Å². The molecule has 3 heteroatoms. The molecular formula is C10H19N3. The quantitative estimate of drug-likeness (QED) is 0.497. The number of nitrogens with zero attached hydrogens (tertiary/aromatic N) is 1. The van der Waals surface area contributed by atoms with Crippen molar-refractivity contribution in [3.8, 4) is 0 Å². The van der Waals surface area contributed by atoms with Gasteiger partial charge in [0.25, 0.3) is 0 Å². The second-order valence-electron chi connectivity index (χ2n) is 3.61. The van der Waals surface area contributed by atoms with Crippen LogP contribution in [0.5, 0.6) is 0 Å². The highest BCUT2D eigenvalue weighted by Crippen LogP contribution is 2.16. The molecule has 0 bridgehead atoms. The Morgan fingerprint density at radius 3 is 2.92 bits per heavy atom. The van der Waals surface area contributed by atoms with Crippen LogP contribution in [0.3, 0.4) is 0 Å². The Labute approximate surface area is 80.1 Å². The molecule has 1 aliphatic rings. The summed E-state index contributed by atoms with van der Waals surface area (Å²) in [6, 6.07) is 0. The summed E-state index contributed by atoms with van der Waals surface area (Å²) in [5, 5.41) is 7.63. The molecule has 3 nitrogen and oxygen atoms in total. The van der Waals surface area contributed by atoms with Crippen molar-refractivity contribution in [1.82, 2.24) is 4.90 Å². The van der Waals surface area contributed by atoms with Gasteiger partial charge < -0.3 is 10.6 Å². The summed E-state index contributed by atoms with van der Waals surface area (Å²) in [4.78, 5) is 2.09. The third-order valence-electron chi connectivity index (χ3n) is 2.72. The SMILES string of the molecule is C=CC(=N)N1CCCC(CN)CC1. The lowest BCUT2D eigenvalue weighted by Gasteiger charge is -2.20. The lowest BCUT2D eigenvalue weighted by molar-refractivity contribution is 0.419. The molecule has 0 aromatic heterocycles. The van der Waals surface area contributed by atoms with Crippen LogP contribution in [0.4, 0.5) is 0 Å². The van der Waals surface area contributed by atoms with E-state index in [9.17, 15) is 0 Å². The van der Waals surface area contributed by atoms with Crippen molar-refractivity contribution < 1.29 is 0 Å². The zero-order chi connectivity index (χ0) is 9.68. The Kier molecular flexibility index (Phi) is 3.96. The van der Waals surface area contributed by atoms with E-state index in [1.54, 1.807) is 6.08 Å². The molecule has 0 aliphatic carbocycles. The van der Waals surface area contributed by atoms with Crippen molar-refractivity contribution in [2.45, 2.75) is 19.3 Å². The van der Waals surface area contributed by atoms with Crippen LogP contribution >= 0.6 is 0 Å². The van der Waals surface area contributed by atoms with Crippen LogP contribution in [0.1, 0.15) is 19.3 Å². The number of nitrogens with two attached hydrogens (primary N) is 1. The van der Waals surface area contributed by atoms with Crippen LogP contribution in [0.25, 0.3) is 0 Å². The number of hydrogen-bond acceptors (Lipinski definition) is 2. The van der Waals surface area contributed by atoms with Crippen molar-refractivity contribution in [3.05, 3.63) is 12.7 Å². The minimum absolute atomic E-state index is 0.553. The van der Waals surface area contributed by atoms with Crippen LogP contribution in [-0.4, -0.2) is 30.4 Å². The van der Waals surface area contributed by atoms with Gasteiger partial charge in [0.1, 0.15) is 5.84 Å². The van der Waals surface area contributed by atoms with Crippen molar-refractivity contribution in [3.63, 3.8) is 0 Å². The van der Waals surface area contributed by atoms with Crippen molar-refractivity contribution >= 4 is 5.84 Å². The molecule has 1 rings (SSSR count). The molecule has 1 unspecified atom stereocenters. The third kappa shape index (κ3) is 2.84. The monoisotopic (exact) mass is 181 g/mol. The van der Waals surface area contributed by atoms with Gasteiger partial charge in [-0.25, -0.2) is 0 Å². The van der Waals surface area contributed by atoms with Gasteiger partial charge in [-0.2, -0.15) is 0 Å². The molecule has 0 saturated carbocycles. The third-order valence-corrected chi connectivity index (χ3v) is 2.72. The Hall–Kier alpha value is -0.830. The average Bonchev–Trinajstić information content (AvgIpc) is 2.41. The van der Waals surface area contributed by atoms with E-state index in [0.717, 1.165) is 32.5 Å². The predicted molar refractivity (Wildman–Crippen MR) is 55.9 cm³/mol. The summed E-state index contributed by atoms with van der Waals surface area (Å²) in [6.07, 6.45) is 5.09. The highest BCUT2D eigenvalue weighted by molar-refractivity contribution is 5.89. The minimum Gasteiger partial charge on any atom is -0.357 e. The van der Waals surface area contributed by atoms with Gasteiger partial charge >= 0.3 is 0 Å². The van der Waals surface area contributed by atoms with Crippen LogP contribution in [0.2, 0.25) is 0 Å². The predicted octanol–water partition coefficient (Wildman–Crippen LogP) is 1.21. The molecule has 1 saturated heterocycles. The first-order valence-corrected chi connectivity index (χ1v) is 4.94. The van der Waals surface area contributed by atoms with E-state index in [4.69, 9.17) is 11.1 Å². The van der Waals surface area contributed by atoms with Gasteiger partial charge in [0.2, 0.25) is 0 Å². The topological polar surface area (TPSA) is 53.1 Å². The fourth-order valence-electron chi connectivity index (χ4n) is 1.77. The molecule has 1 atom stereocenters. The molecule has 0 amide bonds. The Morgan fingerprint density at radius 1 is 1.54 bits per heavy atom. The van der Waals surface area contributed by atoms with E-state index in [1.165, 1.54) is 6.42 Å². The first-order chi connectivity index (χ1) is 6.27. The number of amidine groups is 1. The van der Waals surface area contributed by atoms with Crippen molar-refractivity contribution in [2.75, 3.05) is 19.6 Å². The zero-order valence-corrected chi connectivity index (χ0v) is 8.13. The summed E-state index contributed by atoms with van der Waals surface area (Å²) < 4.78 is 0. The van der Waals surface area contributed by atoms with Gasteiger partial charge in [-0.1, -0.05) is 6.58 Å². The maximum atomic E-state index is 7.63. The smallest absolute Gasteiger partial charge is 0.119 e. The fraction of sp³-hybridized carbons (Fsp3) is 0.700. The number of likely N-dealkylation sites (tertiary alicyclic amines) is 1. The first-order valence-electron chi connectivity index (χ1n) is 4.94. The van der Waals surface area contributed by atoms with Gasteiger partial charge in [0.05, 0.1) is 0 Å². The van der Waals surface area contributed by atoms with E-state index in [1.807, 2.05) is 0 Å². The molecule has 74 valence electrons. The maximum Gasteiger partial charge on any atom is 0.119 e. The molecular weight excluding hydrogens is 162 g/mol. The summed E-state index contributed by atoms with van der Waals surface area (Å²) >= 11 is 0. The molecule has 13 heavy (non-hydrogen) atoms. The maximum absolute atomic E-state index is 7.63. The molecule has 0 aromatic carbocycles. The second kappa shape index (κ2) is 5.02. The highest BCUT2D eigenvalue weighted by atomic mass is 15.2. The van der Waals surface area contributed by atoms with E-state index in [2.05, 4.69) is 11.5 Å². The second-order valence-corrected chi connectivity index (χ2v) is 3.61. The normalized spacial score (nSPS) is 23.8. The van der Waals surface area contributed by atoms with Gasteiger partial charge in [0, 0.05) is 13.1 Å². The molecule has 0 radical (unpaired) electrons. The summed E-state index contributed by atoms with van der Waals surface area (Å²) in [6.45, 7) is 6.35.